The maximum Gasteiger partial charge on any atom is 0.573 e. The van der Waals surface area contributed by atoms with Crippen molar-refractivity contribution >= 4 is 5.91 Å². The molecule has 8 heteroatoms. The molecule has 2 aromatic carbocycles. The first-order chi connectivity index (χ1) is 13.7. The predicted octanol–water partition coefficient (Wildman–Crippen LogP) is 4.97. The second-order valence-corrected chi connectivity index (χ2v) is 6.47. The topological polar surface area (TPSA) is 64.4 Å². The zero-order valence-corrected chi connectivity index (χ0v) is 15.8. The Kier molecular flexibility index (Phi) is 5.91. The van der Waals surface area contributed by atoms with Crippen molar-refractivity contribution in [2.24, 2.45) is 0 Å². The molecule has 0 saturated heterocycles. The quantitative estimate of drug-likeness (QED) is 0.630. The van der Waals surface area contributed by atoms with Crippen LogP contribution < -0.4 is 10.1 Å². The monoisotopic (exact) mass is 404 g/mol. The Morgan fingerprint density at radius 2 is 1.79 bits per heavy atom. The van der Waals surface area contributed by atoms with Crippen molar-refractivity contribution in [2.45, 2.75) is 32.7 Å². The van der Waals surface area contributed by atoms with Crippen LogP contribution in [0.1, 0.15) is 30.0 Å². The molecule has 0 bridgehead atoms. The molecule has 0 aliphatic heterocycles. The van der Waals surface area contributed by atoms with Gasteiger partial charge in [0.25, 0.3) is 0 Å². The molecular formula is C21H19F3N2O3. The summed E-state index contributed by atoms with van der Waals surface area (Å²) in [6, 6.07) is 14.3. The van der Waals surface area contributed by atoms with E-state index >= 15 is 0 Å². The zero-order chi connectivity index (χ0) is 21.0. The van der Waals surface area contributed by atoms with Gasteiger partial charge in [0.15, 0.2) is 0 Å². The highest BCUT2D eigenvalue weighted by molar-refractivity contribution is 5.79. The van der Waals surface area contributed by atoms with Crippen molar-refractivity contribution in [3.8, 4) is 17.2 Å². The second-order valence-electron chi connectivity index (χ2n) is 6.47. The van der Waals surface area contributed by atoms with Crippen LogP contribution in [0.15, 0.2) is 59.0 Å². The van der Waals surface area contributed by atoms with Gasteiger partial charge in [-0.1, -0.05) is 30.3 Å². The van der Waals surface area contributed by atoms with Crippen molar-refractivity contribution < 1.29 is 27.1 Å². The van der Waals surface area contributed by atoms with Crippen molar-refractivity contribution in [1.82, 2.24) is 10.3 Å². The molecule has 1 N–H and O–H groups in total. The summed E-state index contributed by atoms with van der Waals surface area (Å²) in [7, 11) is 0. The van der Waals surface area contributed by atoms with Gasteiger partial charge in [0.05, 0.1) is 18.2 Å². The molecule has 1 amide bonds. The molecule has 0 fully saturated rings. The molecule has 1 aromatic heterocycles. The maximum atomic E-state index is 12.4. The molecule has 29 heavy (non-hydrogen) atoms. The number of oxazole rings is 1. The Morgan fingerprint density at radius 3 is 2.41 bits per heavy atom. The lowest BCUT2D eigenvalue weighted by molar-refractivity contribution is -0.274. The lowest BCUT2D eigenvalue weighted by Gasteiger charge is -2.15. The lowest BCUT2D eigenvalue weighted by atomic mass is 10.1. The number of carbonyl (C=O) groups is 1. The van der Waals surface area contributed by atoms with Gasteiger partial charge in [0, 0.05) is 5.56 Å². The summed E-state index contributed by atoms with van der Waals surface area (Å²) in [5.74, 6) is 0.412. The first kappa shape index (κ1) is 20.4. The average molecular weight is 404 g/mol. The number of nitrogens with zero attached hydrogens (tertiary/aromatic N) is 1. The maximum absolute atomic E-state index is 12.4. The van der Waals surface area contributed by atoms with Crippen LogP contribution in [0.2, 0.25) is 0 Å². The third-order valence-corrected chi connectivity index (χ3v) is 4.23. The average Bonchev–Trinajstić information content (AvgIpc) is 3.02. The smallest absolute Gasteiger partial charge is 0.441 e. The Morgan fingerprint density at radius 1 is 1.14 bits per heavy atom. The number of aryl methyl sites for hydroxylation is 1. The van der Waals surface area contributed by atoms with Gasteiger partial charge in [-0.15, -0.1) is 13.2 Å². The van der Waals surface area contributed by atoms with Gasteiger partial charge in [-0.2, -0.15) is 0 Å². The van der Waals surface area contributed by atoms with Crippen molar-refractivity contribution in [2.75, 3.05) is 0 Å². The minimum atomic E-state index is -4.74. The van der Waals surface area contributed by atoms with E-state index in [1.165, 1.54) is 24.3 Å². The van der Waals surface area contributed by atoms with Gasteiger partial charge in [0.1, 0.15) is 11.5 Å². The highest BCUT2D eigenvalue weighted by atomic mass is 19.4. The standard InChI is InChI=1S/C21H19F3N2O3/c1-13(15-8-10-17(11-9-15)29-21(22,23)24)25-19(27)12-18-14(2)28-20(26-18)16-6-4-3-5-7-16/h3-11,13H,12H2,1-2H3,(H,25,27). The molecular weight excluding hydrogens is 385 g/mol. The van der Waals surface area contributed by atoms with E-state index in [1.807, 2.05) is 30.3 Å². The number of ether oxygens (including phenoxy) is 1. The number of hydrogen-bond donors (Lipinski definition) is 1. The molecule has 0 aliphatic carbocycles. The summed E-state index contributed by atoms with van der Waals surface area (Å²) < 4.78 is 46.2. The van der Waals surface area contributed by atoms with Crippen LogP contribution in [0.4, 0.5) is 13.2 Å². The molecule has 1 atom stereocenters. The van der Waals surface area contributed by atoms with Crippen LogP contribution in [-0.2, 0) is 11.2 Å². The van der Waals surface area contributed by atoms with Gasteiger partial charge in [0.2, 0.25) is 11.8 Å². The zero-order valence-electron chi connectivity index (χ0n) is 15.8. The highest BCUT2D eigenvalue weighted by Gasteiger charge is 2.31. The number of amides is 1. The minimum Gasteiger partial charge on any atom is -0.441 e. The summed E-state index contributed by atoms with van der Waals surface area (Å²) in [5, 5.41) is 2.80. The van der Waals surface area contributed by atoms with E-state index < -0.39 is 12.4 Å². The molecule has 3 aromatic rings. The Hall–Kier alpha value is -3.29. The van der Waals surface area contributed by atoms with Crippen molar-refractivity contribution in [3.05, 3.63) is 71.6 Å². The Balaban J connectivity index is 1.61. The van der Waals surface area contributed by atoms with Crippen LogP contribution in [0.5, 0.6) is 5.75 Å². The number of rotatable bonds is 6. The highest BCUT2D eigenvalue weighted by Crippen LogP contribution is 2.25. The molecule has 3 rings (SSSR count). The molecule has 0 radical (unpaired) electrons. The van der Waals surface area contributed by atoms with Crippen LogP contribution in [-0.4, -0.2) is 17.3 Å². The van der Waals surface area contributed by atoms with E-state index in [2.05, 4.69) is 15.0 Å². The number of aromatic nitrogens is 1. The SMILES string of the molecule is Cc1oc(-c2ccccc2)nc1CC(=O)NC(C)c1ccc(OC(F)(F)F)cc1. The number of alkyl halides is 3. The Labute approximate surface area is 165 Å². The van der Waals surface area contributed by atoms with Gasteiger partial charge in [-0.25, -0.2) is 4.98 Å². The molecule has 0 saturated carbocycles. The molecule has 0 aliphatic rings. The molecule has 152 valence electrons. The van der Waals surface area contributed by atoms with E-state index in [4.69, 9.17) is 4.42 Å². The number of hydrogen-bond acceptors (Lipinski definition) is 4. The van der Waals surface area contributed by atoms with Crippen molar-refractivity contribution in [3.63, 3.8) is 0 Å². The summed E-state index contributed by atoms with van der Waals surface area (Å²) in [4.78, 5) is 16.8. The van der Waals surface area contributed by atoms with Crippen LogP contribution in [0.3, 0.4) is 0 Å². The molecule has 5 nitrogen and oxygen atoms in total. The Bertz CT molecular complexity index is 967. The molecule has 0 spiro atoms. The largest absolute Gasteiger partial charge is 0.573 e. The molecule has 1 unspecified atom stereocenters. The summed E-state index contributed by atoms with van der Waals surface area (Å²) in [5.41, 5.74) is 1.99. The first-order valence-corrected chi connectivity index (χ1v) is 8.88. The van der Waals surface area contributed by atoms with E-state index in [1.54, 1.807) is 13.8 Å². The van der Waals surface area contributed by atoms with Gasteiger partial charge in [-0.3, -0.25) is 4.79 Å². The number of halogens is 3. The lowest BCUT2D eigenvalue weighted by Crippen LogP contribution is -2.28. The number of benzene rings is 2. The van der Waals surface area contributed by atoms with Crippen LogP contribution >= 0.6 is 0 Å². The van der Waals surface area contributed by atoms with Gasteiger partial charge in [-0.05, 0) is 43.7 Å². The second kappa shape index (κ2) is 8.38. The number of carbonyl (C=O) groups excluding carboxylic acids is 1. The van der Waals surface area contributed by atoms with Crippen molar-refractivity contribution in [1.29, 1.82) is 0 Å². The number of nitrogens with one attached hydrogen (secondary N) is 1. The fourth-order valence-electron chi connectivity index (χ4n) is 2.78. The van der Waals surface area contributed by atoms with Crippen LogP contribution in [0, 0.1) is 6.92 Å². The summed E-state index contributed by atoms with van der Waals surface area (Å²) >= 11 is 0. The van der Waals surface area contributed by atoms with E-state index in [9.17, 15) is 18.0 Å². The van der Waals surface area contributed by atoms with E-state index in [0.717, 1.165) is 5.56 Å². The minimum absolute atomic E-state index is 0.0295. The van der Waals surface area contributed by atoms with Gasteiger partial charge < -0.3 is 14.5 Å². The normalized spacial score (nSPS) is 12.4. The third kappa shape index (κ3) is 5.60. The van der Waals surface area contributed by atoms with Crippen LogP contribution in [0.25, 0.3) is 11.5 Å². The summed E-state index contributed by atoms with van der Waals surface area (Å²) in [6.45, 7) is 3.48. The third-order valence-electron chi connectivity index (χ3n) is 4.23. The summed E-state index contributed by atoms with van der Waals surface area (Å²) in [6.07, 6.45) is -4.71. The predicted molar refractivity (Wildman–Crippen MR) is 100 cm³/mol. The fourth-order valence-corrected chi connectivity index (χ4v) is 2.78. The fraction of sp³-hybridized carbons (Fsp3) is 0.238. The van der Waals surface area contributed by atoms with E-state index in [-0.39, 0.29) is 18.1 Å². The van der Waals surface area contributed by atoms with Gasteiger partial charge >= 0.3 is 6.36 Å². The van der Waals surface area contributed by atoms with E-state index in [0.29, 0.717) is 22.9 Å². The first-order valence-electron chi connectivity index (χ1n) is 8.88. The molecule has 1 heterocycles.